The number of hydrogen-bond acceptors (Lipinski definition) is 4. The van der Waals surface area contributed by atoms with Crippen LogP contribution in [0.15, 0.2) is 18.2 Å². The highest BCUT2D eigenvalue weighted by atomic mass is 35.5. The number of rotatable bonds is 4. The molecule has 1 aromatic heterocycles. The summed E-state index contributed by atoms with van der Waals surface area (Å²) in [6.45, 7) is 1.52. The summed E-state index contributed by atoms with van der Waals surface area (Å²) in [5.41, 5.74) is 2.24. The molecule has 0 saturated carbocycles. The molecule has 1 atom stereocenters. The van der Waals surface area contributed by atoms with Crippen LogP contribution in [0.25, 0.3) is 11.0 Å². The molecule has 6 heteroatoms. The number of nitrogens with zero attached hydrogens (tertiary/aromatic N) is 2. The van der Waals surface area contributed by atoms with Gasteiger partial charge in [0.2, 0.25) is 0 Å². The Balaban J connectivity index is 2.03. The number of esters is 1. The monoisotopic (exact) mass is 308 g/mol. The van der Waals surface area contributed by atoms with Gasteiger partial charge in [0.25, 0.3) is 0 Å². The van der Waals surface area contributed by atoms with E-state index in [0.29, 0.717) is 18.0 Å². The van der Waals surface area contributed by atoms with Crippen molar-refractivity contribution in [2.45, 2.75) is 31.4 Å². The summed E-state index contributed by atoms with van der Waals surface area (Å²) in [5.74, 6) is 0.771. The average molecular weight is 309 g/mol. The fourth-order valence-electron chi connectivity index (χ4n) is 2.72. The lowest BCUT2D eigenvalue weighted by Crippen LogP contribution is -2.16. The predicted octanol–water partition coefficient (Wildman–Crippen LogP) is 2.74. The zero-order valence-electron chi connectivity index (χ0n) is 11.8. The van der Waals surface area contributed by atoms with Crippen LogP contribution < -0.4 is 0 Å². The van der Waals surface area contributed by atoms with Gasteiger partial charge in [-0.05, 0) is 31.0 Å². The lowest BCUT2D eigenvalue weighted by molar-refractivity contribution is 0.0601. The van der Waals surface area contributed by atoms with Gasteiger partial charge in [-0.15, -0.1) is 11.6 Å². The van der Waals surface area contributed by atoms with Gasteiger partial charge in [-0.1, -0.05) is 0 Å². The number of fused-ring (bicyclic) bond motifs is 1. The fraction of sp³-hybridized carbons (Fsp3) is 0.467. The minimum absolute atomic E-state index is 0.186. The molecule has 0 spiro atoms. The van der Waals surface area contributed by atoms with Crippen LogP contribution in [-0.4, -0.2) is 35.3 Å². The summed E-state index contributed by atoms with van der Waals surface area (Å²) in [7, 11) is 1.38. The molecule has 1 aliphatic heterocycles. The maximum absolute atomic E-state index is 11.7. The Hall–Kier alpha value is -1.59. The first-order chi connectivity index (χ1) is 10.2. The van der Waals surface area contributed by atoms with E-state index in [1.54, 1.807) is 12.1 Å². The van der Waals surface area contributed by atoms with E-state index in [4.69, 9.17) is 21.1 Å². The van der Waals surface area contributed by atoms with Crippen LogP contribution in [0, 0.1) is 0 Å². The van der Waals surface area contributed by atoms with E-state index in [9.17, 15) is 4.79 Å². The molecule has 112 valence electrons. The second kappa shape index (κ2) is 6.03. The molecule has 21 heavy (non-hydrogen) atoms. The van der Waals surface area contributed by atoms with Crippen LogP contribution in [0.2, 0.25) is 0 Å². The second-order valence-corrected chi connectivity index (χ2v) is 5.37. The van der Waals surface area contributed by atoms with E-state index < -0.39 is 0 Å². The number of aromatic nitrogens is 2. The zero-order valence-corrected chi connectivity index (χ0v) is 12.6. The molecule has 0 amide bonds. The van der Waals surface area contributed by atoms with Crippen molar-refractivity contribution in [3.63, 3.8) is 0 Å². The molecular weight excluding hydrogens is 292 g/mol. The quantitative estimate of drug-likeness (QED) is 0.644. The number of carbonyl (C=O) groups excluding carboxylic acids is 1. The lowest BCUT2D eigenvalue weighted by atomic mass is 10.2. The van der Waals surface area contributed by atoms with Gasteiger partial charge in [-0.2, -0.15) is 0 Å². The molecule has 3 rings (SSSR count). The van der Waals surface area contributed by atoms with Crippen molar-refractivity contribution in [3.8, 4) is 0 Å². The van der Waals surface area contributed by atoms with E-state index >= 15 is 0 Å². The SMILES string of the molecule is COC(=O)c1ccc2nc(CCl)n(CC3CCCO3)c2c1. The number of halogens is 1. The van der Waals surface area contributed by atoms with E-state index in [1.165, 1.54) is 7.11 Å². The van der Waals surface area contributed by atoms with Crippen LogP contribution >= 0.6 is 11.6 Å². The van der Waals surface area contributed by atoms with Gasteiger partial charge in [-0.3, -0.25) is 0 Å². The maximum atomic E-state index is 11.7. The Morgan fingerprint density at radius 3 is 3.10 bits per heavy atom. The van der Waals surface area contributed by atoms with Gasteiger partial charge in [0.1, 0.15) is 5.82 Å². The molecule has 0 bridgehead atoms. The normalized spacial score (nSPS) is 18.3. The summed E-state index contributed by atoms with van der Waals surface area (Å²) in [6.07, 6.45) is 2.31. The molecule has 1 saturated heterocycles. The minimum atomic E-state index is -0.353. The highest BCUT2D eigenvalue weighted by Crippen LogP contribution is 2.23. The number of imidazole rings is 1. The van der Waals surface area contributed by atoms with Gasteiger partial charge in [-0.25, -0.2) is 9.78 Å². The number of hydrogen-bond donors (Lipinski definition) is 0. The summed E-state index contributed by atoms with van der Waals surface area (Å²) in [5, 5.41) is 0. The first-order valence-electron chi connectivity index (χ1n) is 6.98. The number of carbonyl (C=O) groups is 1. The van der Waals surface area contributed by atoms with E-state index in [-0.39, 0.29) is 12.1 Å². The molecule has 5 nitrogen and oxygen atoms in total. The van der Waals surface area contributed by atoms with Gasteiger partial charge < -0.3 is 14.0 Å². The topological polar surface area (TPSA) is 53.3 Å². The van der Waals surface area contributed by atoms with E-state index in [2.05, 4.69) is 4.98 Å². The molecule has 1 unspecified atom stereocenters. The molecule has 2 aromatic rings. The van der Waals surface area contributed by atoms with Crippen molar-refractivity contribution in [3.05, 3.63) is 29.6 Å². The Kier molecular flexibility index (Phi) is 4.12. The van der Waals surface area contributed by atoms with E-state index in [0.717, 1.165) is 36.3 Å². The van der Waals surface area contributed by atoms with Crippen LogP contribution in [0.3, 0.4) is 0 Å². The van der Waals surface area contributed by atoms with Gasteiger partial charge in [0.05, 0.1) is 42.2 Å². The summed E-state index contributed by atoms with van der Waals surface area (Å²) >= 11 is 6.00. The first kappa shape index (κ1) is 14.4. The third-order valence-electron chi connectivity index (χ3n) is 3.78. The summed E-state index contributed by atoms with van der Waals surface area (Å²) in [4.78, 5) is 16.2. The molecule has 2 heterocycles. The third kappa shape index (κ3) is 2.76. The second-order valence-electron chi connectivity index (χ2n) is 5.10. The smallest absolute Gasteiger partial charge is 0.337 e. The molecule has 1 fully saturated rings. The Bertz CT molecular complexity index is 662. The Morgan fingerprint density at radius 1 is 1.57 bits per heavy atom. The molecule has 0 aliphatic carbocycles. The highest BCUT2D eigenvalue weighted by molar-refractivity contribution is 6.16. The molecular formula is C15H17ClN2O3. The van der Waals surface area contributed by atoms with Crippen molar-refractivity contribution in [1.29, 1.82) is 0 Å². The number of ether oxygens (including phenoxy) is 2. The fourth-order valence-corrected chi connectivity index (χ4v) is 2.92. The van der Waals surface area contributed by atoms with Crippen molar-refractivity contribution in [2.75, 3.05) is 13.7 Å². The minimum Gasteiger partial charge on any atom is -0.465 e. The van der Waals surface area contributed by atoms with Crippen molar-refractivity contribution in [1.82, 2.24) is 9.55 Å². The lowest BCUT2D eigenvalue weighted by Gasteiger charge is -2.13. The highest BCUT2D eigenvalue weighted by Gasteiger charge is 2.20. The largest absolute Gasteiger partial charge is 0.465 e. The number of methoxy groups -OCH3 is 1. The third-order valence-corrected chi connectivity index (χ3v) is 4.02. The van der Waals surface area contributed by atoms with Crippen molar-refractivity contribution >= 4 is 28.6 Å². The summed E-state index contributed by atoms with van der Waals surface area (Å²) < 4.78 is 12.5. The van der Waals surface area contributed by atoms with Crippen molar-refractivity contribution < 1.29 is 14.3 Å². The molecule has 0 N–H and O–H groups in total. The standard InChI is InChI=1S/C15H17ClN2O3/c1-20-15(19)10-4-5-12-13(7-10)18(14(8-16)17-12)9-11-3-2-6-21-11/h4-5,7,11H,2-3,6,8-9H2,1H3. The predicted molar refractivity (Wildman–Crippen MR) is 79.6 cm³/mol. The maximum Gasteiger partial charge on any atom is 0.337 e. The van der Waals surface area contributed by atoms with Crippen LogP contribution in [0.5, 0.6) is 0 Å². The average Bonchev–Trinajstić information content (AvgIpc) is 3.14. The molecule has 0 radical (unpaired) electrons. The van der Waals surface area contributed by atoms with Gasteiger partial charge >= 0.3 is 5.97 Å². The summed E-state index contributed by atoms with van der Waals surface area (Å²) in [6, 6.07) is 5.35. The van der Waals surface area contributed by atoms with Gasteiger partial charge in [0.15, 0.2) is 0 Å². The number of benzene rings is 1. The van der Waals surface area contributed by atoms with E-state index in [1.807, 2.05) is 10.6 Å². The van der Waals surface area contributed by atoms with Gasteiger partial charge in [0, 0.05) is 6.61 Å². The van der Waals surface area contributed by atoms with Crippen LogP contribution in [0.1, 0.15) is 29.0 Å². The first-order valence-corrected chi connectivity index (χ1v) is 7.51. The van der Waals surface area contributed by atoms with Crippen LogP contribution in [0.4, 0.5) is 0 Å². The molecule has 1 aromatic carbocycles. The van der Waals surface area contributed by atoms with Crippen molar-refractivity contribution in [2.24, 2.45) is 0 Å². The van der Waals surface area contributed by atoms with Crippen LogP contribution in [-0.2, 0) is 21.9 Å². The molecule has 1 aliphatic rings. The Labute approximate surface area is 127 Å². The number of alkyl halides is 1. The zero-order chi connectivity index (χ0) is 14.8. The Morgan fingerprint density at radius 2 is 2.43 bits per heavy atom.